The van der Waals surface area contributed by atoms with Gasteiger partial charge in [-0.05, 0) is 54.3 Å². The molecule has 0 aliphatic heterocycles. The van der Waals surface area contributed by atoms with Crippen LogP contribution in [0.2, 0.25) is 0 Å². The van der Waals surface area contributed by atoms with Gasteiger partial charge in [-0.2, -0.15) is 5.10 Å². The average Bonchev–Trinajstić information content (AvgIpc) is 3.52. The monoisotopic (exact) mass is 431 g/mol. The molecular formula is C23H21N5O2S. The molecule has 1 atom stereocenters. The van der Waals surface area contributed by atoms with Crippen LogP contribution < -0.4 is 5.32 Å². The largest absolute Gasteiger partial charge is 0.335 e. The van der Waals surface area contributed by atoms with Crippen LogP contribution >= 0.6 is 11.3 Å². The molecule has 2 aromatic carbocycles. The summed E-state index contributed by atoms with van der Waals surface area (Å²) < 4.78 is 1.68. The lowest BCUT2D eigenvalue weighted by atomic mass is 10.1. The topological polar surface area (TPSA) is 80.1 Å². The quantitative estimate of drug-likeness (QED) is 0.490. The Kier molecular flexibility index (Phi) is 5.90. The van der Waals surface area contributed by atoms with E-state index in [4.69, 9.17) is 0 Å². The molecule has 4 rings (SSSR count). The number of hydrogen-bond acceptors (Lipinski definition) is 5. The molecule has 0 aliphatic carbocycles. The Morgan fingerprint density at radius 2 is 1.90 bits per heavy atom. The third kappa shape index (κ3) is 4.54. The van der Waals surface area contributed by atoms with Crippen molar-refractivity contribution in [3.05, 3.63) is 94.7 Å². The highest BCUT2D eigenvalue weighted by atomic mass is 32.1. The Bertz CT molecular complexity index is 1170. The van der Waals surface area contributed by atoms with Gasteiger partial charge in [0.2, 0.25) is 0 Å². The fourth-order valence-electron chi connectivity index (χ4n) is 3.18. The van der Waals surface area contributed by atoms with E-state index < -0.39 is 0 Å². The standard InChI is InChI=1S/C23H21N5O2S/c1-16(17-8-10-20(11-9-17)28-15-24-14-25-28)27(2)23(30)18-5-3-6-19(13-18)26-22(29)21-7-4-12-31-21/h3-16H,1-2H3,(H,26,29). The predicted molar refractivity (Wildman–Crippen MR) is 121 cm³/mol. The van der Waals surface area contributed by atoms with Gasteiger partial charge < -0.3 is 10.2 Å². The smallest absolute Gasteiger partial charge is 0.265 e. The van der Waals surface area contributed by atoms with Gasteiger partial charge in [0.1, 0.15) is 12.7 Å². The van der Waals surface area contributed by atoms with Crippen LogP contribution in [0.5, 0.6) is 0 Å². The van der Waals surface area contributed by atoms with Crippen molar-refractivity contribution in [3.8, 4) is 5.69 Å². The molecule has 1 unspecified atom stereocenters. The minimum absolute atomic E-state index is 0.125. The first-order valence-electron chi connectivity index (χ1n) is 9.70. The second-order valence-corrected chi connectivity index (χ2v) is 7.98. The van der Waals surface area contributed by atoms with Crippen LogP contribution in [0.15, 0.2) is 78.7 Å². The van der Waals surface area contributed by atoms with Gasteiger partial charge in [-0.3, -0.25) is 9.59 Å². The number of aromatic nitrogens is 3. The zero-order valence-corrected chi connectivity index (χ0v) is 17.9. The maximum Gasteiger partial charge on any atom is 0.265 e. The van der Waals surface area contributed by atoms with Crippen molar-refractivity contribution in [1.29, 1.82) is 0 Å². The first-order chi connectivity index (χ1) is 15.0. The highest BCUT2D eigenvalue weighted by molar-refractivity contribution is 7.12. The second kappa shape index (κ2) is 8.93. The summed E-state index contributed by atoms with van der Waals surface area (Å²) in [6.45, 7) is 1.98. The third-order valence-corrected chi connectivity index (χ3v) is 5.94. The van der Waals surface area contributed by atoms with Crippen molar-refractivity contribution in [2.75, 3.05) is 12.4 Å². The molecule has 0 bridgehead atoms. The summed E-state index contributed by atoms with van der Waals surface area (Å²) in [6, 6.07) is 18.3. The van der Waals surface area contributed by atoms with Crippen LogP contribution in [0.3, 0.4) is 0 Å². The van der Waals surface area contributed by atoms with Crippen LogP contribution in [0, 0.1) is 0 Å². The lowest BCUT2D eigenvalue weighted by Crippen LogP contribution is -2.29. The molecule has 1 N–H and O–H groups in total. The minimum Gasteiger partial charge on any atom is -0.335 e. The summed E-state index contributed by atoms with van der Waals surface area (Å²) in [5.74, 6) is -0.311. The molecule has 2 amide bonds. The summed E-state index contributed by atoms with van der Waals surface area (Å²) in [4.78, 5) is 31.6. The van der Waals surface area contributed by atoms with Crippen molar-refractivity contribution >= 4 is 28.8 Å². The van der Waals surface area contributed by atoms with Gasteiger partial charge in [0.15, 0.2) is 0 Å². The molecule has 2 aromatic heterocycles. The van der Waals surface area contributed by atoms with Crippen molar-refractivity contribution in [2.45, 2.75) is 13.0 Å². The van der Waals surface area contributed by atoms with Crippen LogP contribution in [-0.2, 0) is 0 Å². The number of hydrogen-bond donors (Lipinski definition) is 1. The Hall–Kier alpha value is -3.78. The normalized spacial score (nSPS) is 11.7. The number of rotatable bonds is 6. The van der Waals surface area contributed by atoms with E-state index in [2.05, 4.69) is 15.4 Å². The van der Waals surface area contributed by atoms with E-state index >= 15 is 0 Å². The predicted octanol–water partition coefficient (Wildman–Crippen LogP) is 4.41. The molecule has 0 aliphatic rings. The minimum atomic E-state index is -0.186. The number of nitrogens with one attached hydrogen (secondary N) is 1. The van der Waals surface area contributed by atoms with Crippen molar-refractivity contribution in [3.63, 3.8) is 0 Å². The highest BCUT2D eigenvalue weighted by Crippen LogP contribution is 2.23. The van der Waals surface area contributed by atoms with Gasteiger partial charge in [-0.25, -0.2) is 9.67 Å². The molecule has 0 fully saturated rings. The van der Waals surface area contributed by atoms with Gasteiger partial charge in [-0.15, -0.1) is 11.3 Å². The van der Waals surface area contributed by atoms with Gasteiger partial charge >= 0.3 is 0 Å². The van der Waals surface area contributed by atoms with E-state index in [9.17, 15) is 9.59 Å². The molecule has 7 nitrogen and oxygen atoms in total. The summed E-state index contributed by atoms with van der Waals surface area (Å²) >= 11 is 1.37. The molecule has 31 heavy (non-hydrogen) atoms. The molecule has 156 valence electrons. The molecule has 8 heteroatoms. The van der Waals surface area contributed by atoms with Crippen LogP contribution in [0.25, 0.3) is 5.69 Å². The fraction of sp³-hybridized carbons (Fsp3) is 0.130. The summed E-state index contributed by atoms with van der Waals surface area (Å²) in [6.07, 6.45) is 3.12. The Balaban J connectivity index is 1.46. The number of amides is 2. The number of anilines is 1. The number of benzene rings is 2. The zero-order valence-electron chi connectivity index (χ0n) is 17.1. The maximum absolute atomic E-state index is 13.1. The summed E-state index contributed by atoms with van der Waals surface area (Å²) in [5.41, 5.74) is 3.00. The first kappa shape index (κ1) is 20.5. The molecular weight excluding hydrogens is 410 g/mol. The van der Waals surface area contributed by atoms with Crippen molar-refractivity contribution in [2.24, 2.45) is 0 Å². The Labute approximate surface area is 184 Å². The molecule has 0 saturated carbocycles. The highest BCUT2D eigenvalue weighted by Gasteiger charge is 2.19. The van der Waals surface area contributed by atoms with Gasteiger partial charge in [-0.1, -0.05) is 24.3 Å². The van der Waals surface area contributed by atoms with Gasteiger partial charge in [0, 0.05) is 18.3 Å². The number of nitrogens with zero attached hydrogens (tertiary/aromatic N) is 4. The number of thiophene rings is 1. The third-order valence-electron chi connectivity index (χ3n) is 5.07. The number of carbonyl (C=O) groups is 2. The van der Waals surface area contributed by atoms with E-state index in [0.717, 1.165) is 11.3 Å². The molecule has 0 spiro atoms. The van der Waals surface area contributed by atoms with Crippen molar-refractivity contribution < 1.29 is 9.59 Å². The Morgan fingerprint density at radius 1 is 1.10 bits per heavy atom. The number of carbonyl (C=O) groups excluding carboxylic acids is 2. The second-order valence-electron chi connectivity index (χ2n) is 7.04. The van der Waals surface area contributed by atoms with E-state index in [1.54, 1.807) is 53.3 Å². The van der Waals surface area contributed by atoms with Crippen LogP contribution in [0.1, 0.15) is 38.6 Å². The van der Waals surface area contributed by atoms with Gasteiger partial charge in [0.25, 0.3) is 11.8 Å². The fourth-order valence-corrected chi connectivity index (χ4v) is 3.80. The molecule has 4 aromatic rings. The summed E-state index contributed by atoms with van der Waals surface area (Å²) in [5, 5.41) is 8.82. The molecule has 0 radical (unpaired) electrons. The van der Waals surface area contributed by atoms with E-state index in [-0.39, 0.29) is 17.9 Å². The zero-order chi connectivity index (χ0) is 21.8. The van der Waals surface area contributed by atoms with Crippen LogP contribution in [0.4, 0.5) is 5.69 Å². The van der Waals surface area contributed by atoms with Crippen LogP contribution in [-0.4, -0.2) is 38.5 Å². The lowest BCUT2D eigenvalue weighted by Gasteiger charge is -2.26. The summed E-state index contributed by atoms with van der Waals surface area (Å²) in [7, 11) is 1.77. The van der Waals surface area contributed by atoms with Gasteiger partial charge in [0.05, 0.1) is 16.6 Å². The van der Waals surface area contributed by atoms with E-state index in [1.807, 2.05) is 42.6 Å². The van der Waals surface area contributed by atoms with Crippen molar-refractivity contribution in [1.82, 2.24) is 19.7 Å². The van der Waals surface area contributed by atoms with E-state index in [0.29, 0.717) is 16.1 Å². The lowest BCUT2D eigenvalue weighted by molar-refractivity contribution is 0.0742. The average molecular weight is 432 g/mol. The van der Waals surface area contributed by atoms with E-state index in [1.165, 1.54) is 17.7 Å². The maximum atomic E-state index is 13.1. The molecule has 0 saturated heterocycles. The first-order valence-corrected chi connectivity index (χ1v) is 10.6. The molecule has 2 heterocycles. The SMILES string of the molecule is CC(c1ccc(-n2cncn2)cc1)N(C)C(=O)c1cccc(NC(=O)c2cccs2)c1. The Morgan fingerprint density at radius 3 is 2.58 bits per heavy atom.